The molecule has 0 radical (unpaired) electrons. The number of aromatic nitrogens is 1. The Balaban J connectivity index is 3.09. The maximum Gasteiger partial charge on any atom is 0.311 e. The van der Waals surface area contributed by atoms with Gasteiger partial charge in [-0.15, -0.1) is 0 Å². The van der Waals surface area contributed by atoms with Gasteiger partial charge in [-0.3, -0.25) is 10.1 Å². The maximum absolute atomic E-state index is 11.1. The summed E-state index contributed by atoms with van der Waals surface area (Å²) < 4.78 is 10.0. The van der Waals surface area contributed by atoms with Crippen LogP contribution in [0.2, 0.25) is 0 Å². The van der Waals surface area contributed by atoms with Crippen LogP contribution in [0.25, 0.3) is 0 Å². The second-order valence-electron chi connectivity index (χ2n) is 3.91. The van der Waals surface area contributed by atoms with Gasteiger partial charge in [0.25, 0.3) is 0 Å². The van der Waals surface area contributed by atoms with E-state index in [0.717, 1.165) is 0 Å². The molecule has 0 saturated heterocycles. The molecule has 112 valence electrons. The minimum atomic E-state index is -0.477. The number of hydrazine groups is 1. The number of nitrogens with zero attached hydrogens (tertiary/aromatic N) is 3. The fraction of sp³-hybridized carbons (Fsp3) is 0.545. The SMILES string of the molecule is COCCN(CCOC)c1nc(NN)ccc1[N+](=O)[O-]. The molecule has 0 amide bonds. The lowest BCUT2D eigenvalue weighted by Crippen LogP contribution is -2.32. The molecular formula is C11H19N5O4. The van der Waals surface area contributed by atoms with E-state index in [-0.39, 0.29) is 11.5 Å². The quantitative estimate of drug-likeness (QED) is 0.380. The zero-order valence-corrected chi connectivity index (χ0v) is 11.5. The summed E-state index contributed by atoms with van der Waals surface area (Å²) >= 11 is 0. The number of rotatable bonds is 9. The van der Waals surface area contributed by atoms with Crippen molar-refractivity contribution in [1.29, 1.82) is 0 Å². The van der Waals surface area contributed by atoms with Crippen molar-refractivity contribution in [3.8, 4) is 0 Å². The van der Waals surface area contributed by atoms with Crippen molar-refractivity contribution in [1.82, 2.24) is 4.98 Å². The predicted molar refractivity (Wildman–Crippen MR) is 74.7 cm³/mol. The Morgan fingerprint density at radius 2 is 1.95 bits per heavy atom. The molecule has 1 aromatic heterocycles. The lowest BCUT2D eigenvalue weighted by atomic mass is 10.3. The van der Waals surface area contributed by atoms with Gasteiger partial charge in [-0.1, -0.05) is 0 Å². The molecule has 0 aromatic carbocycles. The van der Waals surface area contributed by atoms with Crippen LogP contribution in [-0.4, -0.2) is 50.4 Å². The first-order valence-electron chi connectivity index (χ1n) is 5.99. The standard InChI is InChI=1S/C11H19N5O4/c1-19-7-5-15(6-8-20-2)11-9(16(17)18)3-4-10(13-11)14-12/h3-4H,5-8,12H2,1-2H3,(H,13,14). The first-order valence-corrected chi connectivity index (χ1v) is 5.99. The molecule has 0 atom stereocenters. The molecule has 9 nitrogen and oxygen atoms in total. The number of hydrogen-bond acceptors (Lipinski definition) is 8. The average molecular weight is 285 g/mol. The van der Waals surface area contributed by atoms with Crippen molar-refractivity contribution < 1.29 is 14.4 Å². The van der Waals surface area contributed by atoms with Crippen LogP contribution >= 0.6 is 0 Å². The summed E-state index contributed by atoms with van der Waals surface area (Å²) in [5, 5.41) is 11.1. The van der Waals surface area contributed by atoms with Crippen molar-refractivity contribution in [3.05, 3.63) is 22.2 Å². The minimum absolute atomic E-state index is 0.0868. The lowest BCUT2D eigenvalue weighted by molar-refractivity contribution is -0.384. The van der Waals surface area contributed by atoms with Gasteiger partial charge in [0.15, 0.2) is 0 Å². The second kappa shape index (κ2) is 8.25. The third kappa shape index (κ3) is 4.30. The molecule has 9 heteroatoms. The second-order valence-corrected chi connectivity index (χ2v) is 3.91. The number of nitrogens with two attached hydrogens (primary N) is 1. The van der Waals surface area contributed by atoms with Gasteiger partial charge in [0, 0.05) is 33.4 Å². The molecule has 0 bridgehead atoms. The fourth-order valence-corrected chi connectivity index (χ4v) is 1.62. The number of methoxy groups -OCH3 is 2. The van der Waals surface area contributed by atoms with E-state index in [0.29, 0.717) is 32.1 Å². The first-order chi connectivity index (χ1) is 9.63. The van der Waals surface area contributed by atoms with Gasteiger partial charge in [0.2, 0.25) is 5.82 Å². The number of hydrogen-bond donors (Lipinski definition) is 2. The molecule has 0 aliphatic heterocycles. The summed E-state index contributed by atoms with van der Waals surface area (Å²) in [6.07, 6.45) is 0. The molecule has 0 saturated carbocycles. The maximum atomic E-state index is 11.1. The van der Waals surface area contributed by atoms with E-state index in [1.807, 2.05) is 0 Å². The van der Waals surface area contributed by atoms with Gasteiger partial charge in [-0.05, 0) is 6.07 Å². The van der Waals surface area contributed by atoms with E-state index in [9.17, 15) is 10.1 Å². The van der Waals surface area contributed by atoms with Crippen LogP contribution in [0, 0.1) is 10.1 Å². The van der Waals surface area contributed by atoms with E-state index < -0.39 is 4.92 Å². The monoisotopic (exact) mass is 285 g/mol. The summed E-state index contributed by atoms with van der Waals surface area (Å²) in [6, 6.07) is 2.82. The molecule has 0 aliphatic carbocycles. The highest BCUT2D eigenvalue weighted by Crippen LogP contribution is 2.27. The molecule has 1 rings (SSSR count). The molecule has 20 heavy (non-hydrogen) atoms. The zero-order chi connectivity index (χ0) is 15.0. The third-order valence-corrected chi connectivity index (χ3v) is 2.63. The van der Waals surface area contributed by atoms with Crippen LogP contribution in [0.1, 0.15) is 0 Å². The minimum Gasteiger partial charge on any atom is -0.383 e. The molecule has 0 fully saturated rings. The number of nitrogens with one attached hydrogen (secondary N) is 1. The molecule has 0 aliphatic rings. The van der Waals surface area contributed by atoms with Crippen molar-refractivity contribution in [2.75, 3.05) is 50.8 Å². The zero-order valence-electron chi connectivity index (χ0n) is 11.5. The van der Waals surface area contributed by atoms with E-state index in [4.69, 9.17) is 15.3 Å². The highest BCUT2D eigenvalue weighted by Gasteiger charge is 2.21. The average Bonchev–Trinajstić information content (AvgIpc) is 2.46. The number of ether oxygens (including phenoxy) is 2. The number of nitrogen functional groups attached to an aromatic ring is 1. The Hall–Kier alpha value is -1.97. The highest BCUT2D eigenvalue weighted by atomic mass is 16.6. The van der Waals surface area contributed by atoms with Crippen molar-refractivity contribution in [2.45, 2.75) is 0 Å². The summed E-state index contributed by atoms with van der Waals surface area (Å²) in [5.74, 6) is 5.88. The van der Waals surface area contributed by atoms with E-state index >= 15 is 0 Å². The molecule has 0 unspecified atom stereocenters. The predicted octanol–water partition coefficient (Wildman–Crippen LogP) is 0.375. The van der Waals surface area contributed by atoms with Crippen LogP contribution in [0.5, 0.6) is 0 Å². The third-order valence-electron chi connectivity index (χ3n) is 2.63. The van der Waals surface area contributed by atoms with Gasteiger partial charge < -0.3 is 19.8 Å². The Morgan fingerprint density at radius 1 is 1.35 bits per heavy atom. The van der Waals surface area contributed by atoms with Gasteiger partial charge in [0.05, 0.1) is 18.1 Å². The molecular weight excluding hydrogens is 266 g/mol. The van der Waals surface area contributed by atoms with Gasteiger partial charge in [-0.2, -0.15) is 0 Å². The number of nitro groups is 1. The van der Waals surface area contributed by atoms with Crippen LogP contribution < -0.4 is 16.2 Å². The lowest BCUT2D eigenvalue weighted by Gasteiger charge is -2.23. The van der Waals surface area contributed by atoms with E-state index in [1.54, 1.807) is 19.1 Å². The topological polar surface area (TPSA) is 116 Å². The Morgan fingerprint density at radius 3 is 2.40 bits per heavy atom. The Labute approximate surface area is 116 Å². The molecule has 1 aromatic rings. The first kappa shape index (κ1) is 16.1. The van der Waals surface area contributed by atoms with E-state index in [2.05, 4.69) is 10.4 Å². The van der Waals surface area contributed by atoms with Gasteiger partial charge in [0.1, 0.15) is 5.82 Å². The fourth-order valence-electron chi connectivity index (χ4n) is 1.62. The number of pyridine rings is 1. The smallest absolute Gasteiger partial charge is 0.311 e. The number of anilines is 2. The summed E-state index contributed by atoms with van der Waals surface area (Å²) in [6.45, 7) is 1.76. The Kier molecular flexibility index (Phi) is 6.64. The summed E-state index contributed by atoms with van der Waals surface area (Å²) in [4.78, 5) is 16.5. The van der Waals surface area contributed by atoms with Crippen molar-refractivity contribution in [3.63, 3.8) is 0 Å². The van der Waals surface area contributed by atoms with Crippen LogP contribution in [0.15, 0.2) is 12.1 Å². The van der Waals surface area contributed by atoms with Crippen molar-refractivity contribution in [2.24, 2.45) is 5.84 Å². The summed E-state index contributed by atoms with van der Waals surface area (Å²) in [5.41, 5.74) is 2.29. The highest BCUT2D eigenvalue weighted by molar-refractivity contribution is 5.61. The van der Waals surface area contributed by atoms with E-state index in [1.165, 1.54) is 12.1 Å². The normalized spacial score (nSPS) is 10.3. The van der Waals surface area contributed by atoms with Crippen LogP contribution in [-0.2, 0) is 9.47 Å². The van der Waals surface area contributed by atoms with Gasteiger partial charge in [-0.25, -0.2) is 10.8 Å². The van der Waals surface area contributed by atoms with Crippen LogP contribution in [0.3, 0.4) is 0 Å². The van der Waals surface area contributed by atoms with Gasteiger partial charge >= 0.3 is 5.69 Å². The summed E-state index contributed by atoms with van der Waals surface area (Å²) in [7, 11) is 3.13. The molecule has 1 heterocycles. The molecule has 0 spiro atoms. The molecule has 3 N–H and O–H groups in total. The van der Waals surface area contributed by atoms with Crippen molar-refractivity contribution >= 4 is 17.3 Å². The largest absolute Gasteiger partial charge is 0.383 e. The Bertz CT molecular complexity index is 435. The van der Waals surface area contributed by atoms with Crippen LogP contribution in [0.4, 0.5) is 17.3 Å².